The molecule has 0 aliphatic carbocycles. The van der Waals surface area contributed by atoms with Gasteiger partial charge >= 0.3 is 5.97 Å². The van der Waals surface area contributed by atoms with Crippen LogP contribution in [0.1, 0.15) is 21.5 Å². The highest BCUT2D eigenvalue weighted by Gasteiger charge is 2.17. The first kappa shape index (κ1) is 20.9. The fraction of sp³-hybridized carbons (Fsp3) is 0.125. The first-order valence-corrected chi connectivity index (χ1v) is 9.91. The first-order valence-electron chi connectivity index (χ1n) is 9.91. The number of fused-ring (bicyclic) bond motifs is 1. The van der Waals surface area contributed by atoms with Crippen LogP contribution < -0.4 is 25.0 Å². The minimum atomic E-state index is -0.502. The highest BCUT2D eigenvalue weighted by molar-refractivity contribution is 5.92. The van der Waals surface area contributed by atoms with Crippen LogP contribution in [0.4, 0.5) is 5.69 Å². The van der Waals surface area contributed by atoms with E-state index in [0.717, 1.165) is 16.8 Å². The molecule has 0 saturated heterocycles. The summed E-state index contributed by atoms with van der Waals surface area (Å²) in [4.78, 5) is 24.2. The number of anilines is 1. The Morgan fingerprint density at radius 2 is 1.75 bits per heavy atom. The second-order valence-electron chi connectivity index (χ2n) is 7.04. The van der Waals surface area contributed by atoms with Gasteiger partial charge in [-0.2, -0.15) is 5.10 Å². The molecule has 0 unspecified atom stereocenters. The van der Waals surface area contributed by atoms with E-state index in [1.165, 1.54) is 6.21 Å². The van der Waals surface area contributed by atoms with E-state index >= 15 is 0 Å². The average Bonchev–Trinajstić information content (AvgIpc) is 3.28. The number of hydrogen-bond acceptors (Lipinski definition) is 7. The van der Waals surface area contributed by atoms with E-state index in [2.05, 4.69) is 15.8 Å². The fourth-order valence-electron chi connectivity index (χ4n) is 2.88. The van der Waals surface area contributed by atoms with Crippen LogP contribution in [0.3, 0.4) is 0 Å². The summed E-state index contributed by atoms with van der Waals surface area (Å²) in [7, 11) is 0. The predicted molar refractivity (Wildman–Crippen MR) is 119 cm³/mol. The van der Waals surface area contributed by atoms with E-state index in [9.17, 15) is 9.59 Å². The van der Waals surface area contributed by atoms with Crippen LogP contribution in [0, 0.1) is 6.92 Å². The lowest BCUT2D eigenvalue weighted by Crippen LogP contribution is -2.25. The van der Waals surface area contributed by atoms with Gasteiger partial charge in [-0.3, -0.25) is 4.79 Å². The van der Waals surface area contributed by atoms with Gasteiger partial charge in [0.25, 0.3) is 5.91 Å². The second-order valence-corrected chi connectivity index (χ2v) is 7.04. The summed E-state index contributed by atoms with van der Waals surface area (Å²) in [5.74, 6) is 0.732. The maximum Gasteiger partial charge on any atom is 0.343 e. The standard InChI is InChI=1S/C24H21N3O5/c1-16-2-7-19(8-3-16)25-14-23(28)27-26-13-17-4-9-20(10-5-17)32-24(29)18-6-11-21-22(12-18)31-15-30-21/h2-13,25H,14-15H2,1H3,(H,27,28)/b26-13-. The Balaban J connectivity index is 1.25. The number of benzene rings is 3. The van der Waals surface area contributed by atoms with Crippen LogP contribution in [0.25, 0.3) is 0 Å². The van der Waals surface area contributed by atoms with E-state index < -0.39 is 5.97 Å². The van der Waals surface area contributed by atoms with E-state index in [1.54, 1.807) is 42.5 Å². The monoisotopic (exact) mass is 431 g/mol. The van der Waals surface area contributed by atoms with Crippen LogP contribution in [0.15, 0.2) is 71.8 Å². The van der Waals surface area contributed by atoms with Gasteiger partial charge in [0.15, 0.2) is 11.5 Å². The summed E-state index contributed by atoms with van der Waals surface area (Å²) in [6.07, 6.45) is 1.51. The number of nitrogens with zero attached hydrogens (tertiary/aromatic N) is 1. The topological polar surface area (TPSA) is 98.2 Å². The Bertz CT molecular complexity index is 1140. The molecule has 0 radical (unpaired) electrons. The van der Waals surface area contributed by atoms with Gasteiger partial charge in [0.2, 0.25) is 6.79 Å². The van der Waals surface area contributed by atoms with Crippen molar-refractivity contribution in [2.75, 3.05) is 18.7 Å². The van der Waals surface area contributed by atoms with Crippen LogP contribution in [0.2, 0.25) is 0 Å². The summed E-state index contributed by atoms with van der Waals surface area (Å²) in [5, 5.41) is 6.97. The third kappa shape index (κ3) is 5.42. The number of esters is 1. The smallest absolute Gasteiger partial charge is 0.343 e. The van der Waals surface area contributed by atoms with Gasteiger partial charge in [-0.15, -0.1) is 0 Å². The van der Waals surface area contributed by atoms with E-state index in [1.807, 2.05) is 31.2 Å². The summed E-state index contributed by atoms with van der Waals surface area (Å²) in [5.41, 5.74) is 5.57. The Morgan fingerprint density at radius 3 is 2.53 bits per heavy atom. The average molecular weight is 431 g/mol. The zero-order valence-electron chi connectivity index (χ0n) is 17.3. The number of rotatable bonds is 7. The van der Waals surface area contributed by atoms with Crippen LogP contribution >= 0.6 is 0 Å². The van der Waals surface area contributed by atoms with Gasteiger partial charge in [-0.25, -0.2) is 10.2 Å². The molecule has 1 aliphatic rings. The SMILES string of the molecule is Cc1ccc(NCC(=O)N/N=C\c2ccc(OC(=O)c3ccc4c(c3)OCO4)cc2)cc1. The summed E-state index contributed by atoms with van der Waals surface area (Å²) >= 11 is 0. The van der Waals surface area contributed by atoms with E-state index in [0.29, 0.717) is 22.8 Å². The lowest BCUT2D eigenvalue weighted by atomic mass is 10.2. The summed E-state index contributed by atoms with van der Waals surface area (Å²) in [6.45, 7) is 2.25. The molecule has 3 aromatic carbocycles. The van der Waals surface area contributed by atoms with Gasteiger partial charge in [0.1, 0.15) is 5.75 Å². The second kappa shape index (κ2) is 9.65. The number of ether oxygens (including phenoxy) is 3. The summed E-state index contributed by atoms with van der Waals surface area (Å²) in [6, 6.07) is 19.4. The molecule has 8 heteroatoms. The molecule has 4 rings (SSSR count). The van der Waals surface area contributed by atoms with Crippen molar-refractivity contribution in [2.24, 2.45) is 5.10 Å². The zero-order chi connectivity index (χ0) is 22.3. The number of hydrogen-bond donors (Lipinski definition) is 2. The molecule has 0 spiro atoms. The zero-order valence-corrected chi connectivity index (χ0v) is 17.3. The van der Waals surface area contributed by atoms with Crippen molar-refractivity contribution in [3.05, 3.63) is 83.4 Å². The molecule has 32 heavy (non-hydrogen) atoms. The molecule has 0 saturated carbocycles. The van der Waals surface area contributed by atoms with Crippen molar-refractivity contribution in [1.82, 2.24) is 5.43 Å². The maximum absolute atomic E-state index is 12.3. The largest absolute Gasteiger partial charge is 0.454 e. The van der Waals surface area contributed by atoms with Crippen molar-refractivity contribution in [2.45, 2.75) is 6.92 Å². The van der Waals surface area contributed by atoms with Crippen molar-refractivity contribution in [1.29, 1.82) is 0 Å². The van der Waals surface area contributed by atoms with Gasteiger partial charge in [-0.1, -0.05) is 17.7 Å². The third-order valence-electron chi connectivity index (χ3n) is 4.61. The van der Waals surface area contributed by atoms with E-state index in [4.69, 9.17) is 14.2 Å². The van der Waals surface area contributed by atoms with Crippen molar-refractivity contribution < 1.29 is 23.8 Å². The molecular formula is C24H21N3O5. The molecule has 3 aromatic rings. The van der Waals surface area contributed by atoms with Crippen LogP contribution in [0.5, 0.6) is 17.2 Å². The van der Waals surface area contributed by atoms with Crippen LogP contribution in [-0.4, -0.2) is 31.4 Å². The van der Waals surface area contributed by atoms with Crippen LogP contribution in [-0.2, 0) is 4.79 Å². The van der Waals surface area contributed by atoms with Gasteiger partial charge < -0.3 is 19.5 Å². The molecule has 0 bridgehead atoms. The molecule has 1 heterocycles. The Hall–Kier alpha value is -4.33. The number of carbonyl (C=O) groups excluding carboxylic acids is 2. The highest BCUT2D eigenvalue weighted by Crippen LogP contribution is 2.32. The molecule has 1 amide bonds. The lowest BCUT2D eigenvalue weighted by Gasteiger charge is -2.06. The molecule has 0 fully saturated rings. The summed E-state index contributed by atoms with van der Waals surface area (Å²) < 4.78 is 15.9. The predicted octanol–water partition coefficient (Wildman–Crippen LogP) is 3.51. The van der Waals surface area contributed by atoms with Crippen molar-refractivity contribution in [3.63, 3.8) is 0 Å². The van der Waals surface area contributed by atoms with Crippen molar-refractivity contribution >= 4 is 23.8 Å². The minimum Gasteiger partial charge on any atom is -0.454 e. The molecule has 0 aromatic heterocycles. The first-order chi connectivity index (χ1) is 15.6. The Labute approximate surface area is 184 Å². The molecule has 2 N–H and O–H groups in total. The number of nitrogens with one attached hydrogen (secondary N) is 2. The Kier molecular flexibility index (Phi) is 6.31. The normalized spacial score (nSPS) is 11.9. The van der Waals surface area contributed by atoms with Crippen molar-refractivity contribution in [3.8, 4) is 17.2 Å². The third-order valence-corrected chi connectivity index (χ3v) is 4.61. The number of hydrazone groups is 1. The Morgan fingerprint density at radius 1 is 1.00 bits per heavy atom. The molecule has 0 atom stereocenters. The van der Waals surface area contributed by atoms with Gasteiger partial charge in [-0.05, 0) is 67.1 Å². The molecule has 162 valence electrons. The maximum atomic E-state index is 12.3. The number of carbonyl (C=O) groups is 2. The highest BCUT2D eigenvalue weighted by atomic mass is 16.7. The minimum absolute atomic E-state index is 0.106. The number of amides is 1. The van der Waals surface area contributed by atoms with Gasteiger partial charge in [0, 0.05) is 5.69 Å². The van der Waals surface area contributed by atoms with Gasteiger partial charge in [0.05, 0.1) is 18.3 Å². The van der Waals surface area contributed by atoms with E-state index in [-0.39, 0.29) is 19.2 Å². The lowest BCUT2D eigenvalue weighted by molar-refractivity contribution is -0.119. The molecule has 1 aliphatic heterocycles. The molecule has 8 nitrogen and oxygen atoms in total. The molecular weight excluding hydrogens is 410 g/mol. The fourth-order valence-corrected chi connectivity index (χ4v) is 2.88. The quantitative estimate of drug-likeness (QED) is 0.257. The number of aryl methyl sites for hydroxylation is 1.